The van der Waals surface area contributed by atoms with Gasteiger partial charge in [0, 0.05) is 160 Å². The second-order valence-corrected chi connectivity index (χ2v) is 34.9. The van der Waals surface area contributed by atoms with Crippen molar-refractivity contribution in [1.82, 2.24) is 15.5 Å². The summed E-state index contributed by atoms with van der Waals surface area (Å²) in [6, 6.07) is -0.381. The smallest absolute Gasteiger partial charge is 0.327 e. The molecule has 0 spiro atoms. The van der Waals surface area contributed by atoms with Gasteiger partial charge in [-0.15, -0.1) is 0 Å². The molecular formula is C83H148N3O29P. The highest BCUT2D eigenvalue weighted by molar-refractivity contribution is 7.52. The Morgan fingerprint density at radius 1 is 0.422 bits per heavy atom. The van der Waals surface area contributed by atoms with Crippen LogP contribution in [-0.2, 0) is 89.9 Å². The lowest BCUT2D eigenvalue weighted by molar-refractivity contribution is -0.282. The third kappa shape index (κ3) is 41.8. The average Bonchev–Trinajstić information content (AvgIpc) is 1.41. The first-order valence-electron chi connectivity index (χ1n) is 43.3. The maximum Gasteiger partial charge on any atom is 0.327 e. The number of hydrogen-bond donors (Lipinski definition) is 12. The van der Waals surface area contributed by atoms with E-state index in [1.807, 2.05) is 0 Å². The quantitative estimate of drug-likeness (QED) is 0.0237. The largest absolute Gasteiger partial charge is 0.394 e. The molecule has 0 radical (unpaired) electrons. The highest BCUT2D eigenvalue weighted by atomic mass is 31.2. The number of carbonyl (C=O) groups excluding carboxylic acids is 8. The zero-order valence-electron chi connectivity index (χ0n) is 70.2. The van der Waals surface area contributed by atoms with E-state index in [-0.39, 0.29) is 144 Å². The Morgan fingerprint density at radius 3 is 1.18 bits per heavy atom. The number of ether oxygens (including phenoxy) is 8. The van der Waals surface area contributed by atoms with Gasteiger partial charge in [-0.25, -0.2) is 0 Å². The van der Waals surface area contributed by atoms with Crippen LogP contribution in [-0.4, -0.2) is 295 Å². The second-order valence-electron chi connectivity index (χ2n) is 32.7. The summed E-state index contributed by atoms with van der Waals surface area (Å²) < 4.78 is 69.4. The molecule has 116 heavy (non-hydrogen) atoms. The van der Waals surface area contributed by atoms with Gasteiger partial charge in [0.05, 0.1) is 83.3 Å². The number of rotatable bonds is 69. The molecule has 19 atom stereocenters. The molecule has 33 heteroatoms. The normalized spacial score (nSPS) is 26.6. The first-order chi connectivity index (χ1) is 55.6. The fourth-order valence-electron chi connectivity index (χ4n) is 15.0. The molecule has 32 nitrogen and oxygen atoms in total. The molecule has 17 unspecified atom stereocenters. The van der Waals surface area contributed by atoms with Crippen molar-refractivity contribution in [2.24, 2.45) is 23.2 Å². The van der Waals surface area contributed by atoms with Gasteiger partial charge in [-0.05, 0) is 103 Å². The number of nitrogens with one attached hydrogen (secondary N) is 2. The predicted octanol–water partition coefficient (Wildman–Crippen LogP) is 6.24. The van der Waals surface area contributed by atoms with Crippen molar-refractivity contribution in [3.05, 3.63) is 0 Å². The number of nitrogens with zero attached hydrogens (tertiary/aromatic N) is 1. The van der Waals surface area contributed by atoms with E-state index in [4.69, 9.17) is 46.9 Å². The molecule has 3 amide bonds. The van der Waals surface area contributed by atoms with E-state index in [0.717, 1.165) is 38.5 Å². The van der Waals surface area contributed by atoms with Gasteiger partial charge in [-0.2, -0.15) is 0 Å². The van der Waals surface area contributed by atoms with E-state index in [2.05, 4.69) is 10.6 Å². The van der Waals surface area contributed by atoms with Crippen molar-refractivity contribution < 1.29 is 141 Å². The molecule has 4 rings (SSSR count). The zero-order chi connectivity index (χ0) is 85.3. The van der Waals surface area contributed by atoms with Crippen LogP contribution in [0.5, 0.6) is 0 Å². The predicted molar refractivity (Wildman–Crippen MR) is 427 cm³/mol. The van der Waals surface area contributed by atoms with Gasteiger partial charge >= 0.3 is 7.60 Å². The monoisotopic (exact) mass is 1680 g/mol. The lowest BCUT2D eigenvalue weighted by Gasteiger charge is -2.40. The lowest BCUT2D eigenvalue weighted by Crippen LogP contribution is -2.55. The van der Waals surface area contributed by atoms with Crippen molar-refractivity contribution in [3.8, 4) is 0 Å². The van der Waals surface area contributed by atoms with Gasteiger partial charge in [-0.3, -0.25) is 42.9 Å². The van der Waals surface area contributed by atoms with Crippen molar-refractivity contribution in [2.75, 3.05) is 106 Å². The number of unbranched alkanes of at least 4 members (excludes halogenated alkanes) is 15. The molecule has 4 aliphatic rings. The molecule has 12 N–H and O–H groups in total. The maximum absolute atomic E-state index is 14.2. The van der Waals surface area contributed by atoms with E-state index in [1.165, 1.54) is 13.8 Å². The molecule has 0 aromatic carbocycles. The Morgan fingerprint density at radius 2 is 0.767 bits per heavy atom. The third-order valence-corrected chi connectivity index (χ3v) is 24.0. The first kappa shape index (κ1) is 105. The third-order valence-electron chi connectivity index (χ3n) is 22.7. The number of amides is 3. The topological polar surface area (TPSA) is 476 Å². The van der Waals surface area contributed by atoms with Crippen LogP contribution in [0, 0.1) is 23.2 Å². The summed E-state index contributed by atoms with van der Waals surface area (Å²) in [4.78, 5) is 107. The van der Waals surface area contributed by atoms with Crippen molar-refractivity contribution in [3.63, 3.8) is 0 Å². The average molecular weight is 1680 g/mol. The Kier molecular flexibility index (Phi) is 53.9. The van der Waals surface area contributed by atoms with E-state index in [1.54, 1.807) is 25.7 Å². The summed E-state index contributed by atoms with van der Waals surface area (Å²) in [6.07, 6.45) is 6.95. The lowest BCUT2D eigenvalue weighted by atomic mass is 9.78. The molecule has 674 valence electrons. The molecule has 4 fully saturated rings. The first-order valence-corrected chi connectivity index (χ1v) is 45.3. The van der Waals surface area contributed by atoms with Gasteiger partial charge in [0.1, 0.15) is 65.5 Å². The minimum atomic E-state index is -3.25. The molecule has 0 aromatic heterocycles. The Bertz CT molecular complexity index is 2600. The van der Waals surface area contributed by atoms with Crippen LogP contribution in [0.3, 0.4) is 0 Å². The number of β-amino-alcohol motifs (C(OH)–C–C–N with tert-alkyl or cyclic N) is 1. The maximum atomic E-state index is 14.2. The molecule has 4 saturated heterocycles. The molecule has 0 saturated carbocycles. The zero-order valence-corrected chi connectivity index (χ0v) is 71.1. The Hall–Kier alpha value is -3.81. The fraction of sp³-hybridized carbons (Fsp3) is 0.904. The standard InChI is InChI=1S/C83H148N3O29P/c1-58-74(99)77(102)68(52-87)113-80(58)109-44-25-21-34-63(91)30-16-12-15-29-62(90)33-20-24-41-83(50-66(94)36-14-10-8-6-7-9-11-19-38-73(98)86-51-67(95)49-61(86)55-112-116(5,105)106-4,56-107-47-39-65(93)32-18-13-17-31-64(92)35-22-26-45-110-81-59(2)75(100)78(103)69(53-88)114-81)57-108-48-40-72(97)85-43-28-42-84-71(96)37-23-27-46-111-82-60(3)76(101)79(104)70(54-89)115-82/h58-61,67-70,74-82,87-89,95,99-104H,6-57H2,1-5H3,(H,84,96)(H,85,97)/t58?,59?,60?,61-,67+,68?,69?,70?,74?,75?,76?,77?,78?,79?,80?,81?,82?,83?,116?/m0/s1. The van der Waals surface area contributed by atoms with E-state index < -0.39 is 130 Å². The highest BCUT2D eigenvalue weighted by Gasteiger charge is 2.45. The number of Topliss-reactive ketones (excluding diaryl/α,β-unsaturated/α-hetero) is 5. The van der Waals surface area contributed by atoms with Crippen LogP contribution < -0.4 is 10.6 Å². The summed E-state index contributed by atoms with van der Waals surface area (Å²) >= 11 is 0. The molecular weight excluding hydrogens is 1530 g/mol. The fourth-order valence-corrected chi connectivity index (χ4v) is 15.5. The number of ketones is 5. The van der Waals surface area contributed by atoms with Gasteiger partial charge in [-0.1, -0.05) is 78.6 Å². The van der Waals surface area contributed by atoms with E-state index in [0.29, 0.717) is 186 Å². The van der Waals surface area contributed by atoms with Crippen LogP contribution in [0.15, 0.2) is 0 Å². The summed E-state index contributed by atoms with van der Waals surface area (Å²) in [5.74, 6) is -1.76. The van der Waals surface area contributed by atoms with Crippen LogP contribution in [0.4, 0.5) is 0 Å². The molecule has 0 bridgehead atoms. The number of hydrogen-bond acceptors (Lipinski definition) is 29. The van der Waals surface area contributed by atoms with Crippen LogP contribution in [0.2, 0.25) is 0 Å². The van der Waals surface area contributed by atoms with Crippen molar-refractivity contribution in [2.45, 2.75) is 351 Å². The minimum absolute atomic E-state index is 0.00713. The number of aliphatic hydroxyl groups excluding tert-OH is 10. The Balaban J connectivity index is 1.28. The van der Waals surface area contributed by atoms with E-state index >= 15 is 0 Å². The minimum Gasteiger partial charge on any atom is -0.394 e. The summed E-state index contributed by atoms with van der Waals surface area (Å²) in [5, 5.41) is 106. The number of likely N-dealkylation sites (tertiary alicyclic amines) is 1. The molecule has 0 aromatic rings. The van der Waals surface area contributed by atoms with Crippen molar-refractivity contribution >= 4 is 54.2 Å². The molecule has 0 aliphatic carbocycles. The number of aliphatic hydroxyl groups is 10. The van der Waals surface area contributed by atoms with Crippen LogP contribution in [0.1, 0.15) is 265 Å². The second kappa shape index (κ2) is 59.9. The van der Waals surface area contributed by atoms with Crippen molar-refractivity contribution in [1.29, 1.82) is 0 Å². The number of carbonyl (C=O) groups is 8. The van der Waals surface area contributed by atoms with Gasteiger partial charge in [0.2, 0.25) is 17.7 Å². The van der Waals surface area contributed by atoms with Crippen LogP contribution in [0.25, 0.3) is 0 Å². The summed E-state index contributed by atoms with van der Waals surface area (Å²) in [6.45, 7) is 6.89. The van der Waals surface area contributed by atoms with Gasteiger partial charge in [0.25, 0.3) is 0 Å². The van der Waals surface area contributed by atoms with Gasteiger partial charge in [0.15, 0.2) is 18.9 Å². The Labute approximate surface area is 687 Å². The highest BCUT2D eigenvalue weighted by Crippen LogP contribution is 2.43. The van der Waals surface area contributed by atoms with Crippen LogP contribution >= 0.6 is 7.60 Å². The molecule has 4 aliphatic heterocycles. The van der Waals surface area contributed by atoms with E-state index in [9.17, 15) is 94.0 Å². The van der Waals surface area contributed by atoms with Gasteiger partial charge < -0.3 is 114 Å². The SMILES string of the molecule is COP(C)(=O)OC[C@@H]1C[C@@H](O)CN1C(=O)CCCCCCCCCCC(=O)CC(CCCCC(=O)CCCCCC(=O)CCCCOC1OC(CO)C(O)C(O)C1C)(COCCC(=O)CCCCCC(=O)CCCCOC1OC(CO)C(O)C(O)C1C)COCCC(=O)NCCCNC(=O)CCCCOC1OC(CO)C(O)C(O)C1C. The summed E-state index contributed by atoms with van der Waals surface area (Å²) in [5.41, 5.74) is -0.876. The summed E-state index contributed by atoms with van der Waals surface area (Å²) in [7, 11) is -1.95. The molecule has 4 heterocycles.